The molecule has 0 saturated carbocycles. The van der Waals surface area contributed by atoms with Crippen molar-refractivity contribution in [2.24, 2.45) is 0 Å². The minimum absolute atomic E-state index is 0.0844. The van der Waals surface area contributed by atoms with Crippen LogP contribution in [-0.2, 0) is 12.8 Å². The van der Waals surface area contributed by atoms with Gasteiger partial charge >= 0.3 is 6.03 Å². The molecule has 128 valence electrons. The topological polar surface area (TPSA) is 87.0 Å². The van der Waals surface area contributed by atoms with Gasteiger partial charge < -0.3 is 10.1 Å². The molecule has 0 fully saturated rings. The van der Waals surface area contributed by atoms with Gasteiger partial charge in [0.25, 0.3) is 0 Å². The van der Waals surface area contributed by atoms with Crippen molar-refractivity contribution in [3.05, 3.63) is 53.7 Å². The summed E-state index contributed by atoms with van der Waals surface area (Å²) in [7, 11) is 0. The van der Waals surface area contributed by atoms with E-state index in [2.05, 4.69) is 33.8 Å². The highest BCUT2D eigenvalue weighted by atomic mass is 16.5. The number of amides is 2. The second-order valence-corrected chi connectivity index (χ2v) is 5.93. The molecule has 2 N–H and O–H groups in total. The Morgan fingerprint density at radius 2 is 2.00 bits per heavy atom. The van der Waals surface area contributed by atoms with E-state index in [4.69, 9.17) is 10.00 Å². The fourth-order valence-electron chi connectivity index (χ4n) is 2.92. The number of nitrogens with one attached hydrogen (secondary N) is 2. The second-order valence-electron chi connectivity index (χ2n) is 5.93. The first-order chi connectivity index (χ1) is 12.3. The van der Waals surface area contributed by atoms with Gasteiger partial charge in [0.2, 0.25) is 0 Å². The highest BCUT2D eigenvalue weighted by Crippen LogP contribution is 2.23. The molecule has 2 amide bonds. The maximum absolute atomic E-state index is 12.3. The van der Waals surface area contributed by atoms with Crippen LogP contribution in [0.4, 0.5) is 10.6 Å². The van der Waals surface area contributed by atoms with E-state index in [0.29, 0.717) is 31.0 Å². The molecule has 0 unspecified atom stereocenters. The minimum Gasteiger partial charge on any atom is -0.490 e. The standard InChI is InChI=1S/C19H20N4O2/c20-9-3-4-11-25-17-8-5-10-21-18(17)23-19(24)22-16-12-14-6-1-2-7-15(14)13-16/h1-2,5-8,10,16H,3-4,11-13H2,(H2,21,22,23,24). The number of urea groups is 1. The molecular formula is C19H20N4O2. The molecule has 1 aliphatic rings. The maximum atomic E-state index is 12.3. The number of hydrogen-bond acceptors (Lipinski definition) is 4. The summed E-state index contributed by atoms with van der Waals surface area (Å²) in [5.74, 6) is 0.887. The van der Waals surface area contributed by atoms with Crippen molar-refractivity contribution in [1.82, 2.24) is 10.3 Å². The molecule has 0 radical (unpaired) electrons. The summed E-state index contributed by atoms with van der Waals surface area (Å²) in [5.41, 5.74) is 2.57. The number of carbonyl (C=O) groups excluding carboxylic acids is 1. The number of unbranched alkanes of at least 4 members (excludes halogenated alkanes) is 1. The number of hydrogen-bond donors (Lipinski definition) is 2. The van der Waals surface area contributed by atoms with E-state index in [9.17, 15) is 4.79 Å². The van der Waals surface area contributed by atoms with Crippen molar-refractivity contribution >= 4 is 11.8 Å². The number of fused-ring (bicyclic) bond motifs is 1. The van der Waals surface area contributed by atoms with E-state index in [0.717, 1.165) is 12.8 Å². The quantitative estimate of drug-likeness (QED) is 0.794. The third-order valence-electron chi connectivity index (χ3n) is 4.08. The lowest BCUT2D eigenvalue weighted by atomic mass is 10.1. The molecule has 0 aliphatic heterocycles. The Balaban J connectivity index is 1.54. The largest absolute Gasteiger partial charge is 0.490 e. The Hall–Kier alpha value is -3.07. The van der Waals surface area contributed by atoms with Crippen molar-refractivity contribution in [3.8, 4) is 11.8 Å². The van der Waals surface area contributed by atoms with Crippen LogP contribution in [0.5, 0.6) is 5.75 Å². The summed E-state index contributed by atoms with van der Waals surface area (Å²) in [5, 5.41) is 14.3. The third-order valence-corrected chi connectivity index (χ3v) is 4.08. The van der Waals surface area contributed by atoms with Crippen LogP contribution in [0, 0.1) is 11.3 Å². The molecule has 6 nitrogen and oxygen atoms in total. The zero-order chi connectivity index (χ0) is 17.5. The van der Waals surface area contributed by atoms with Crippen LogP contribution in [0.15, 0.2) is 42.6 Å². The van der Waals surface area contributed by atoms with E-state index >= 15 is 0 Å². The predicted octanol–water partition coefficient (Wildman–Crippen LogP) is 3.05. The average Bonchev–Trinajstić information content (AvgIpc) is 3.02. The fourth-order valence-corrected chi connectivity index (χ4v) is 2.92. The number of carbonyl (C=O) groups is 1. The molecule has 1 heterocycles. The highest BCUT2D eigenvalue weighted by Gasteiger charge is 2.22. The molecule has 3 rings (SSSR count). The molecular weight excluding hydrogens is 316 g/mol. The lowest BCUT2D eigenvalue weighted by molar-refractivity contribution is 0.248. The predicted molar refractivity (Wildman–Crippen MR) is 94.4 cm³/mol. The second kappa shape index (κ2) is 8.15. The van der Waals surface area contributed by atoms with Gasteiger partial charge in [-0.1, -0.05) is 24.3 Å². The van der Waals surface area contributed by atoms with E-state index in [1.165, 1.54) is 11.1 Å². The van der Waals surface area contributed by atoms with Crippen LogP contribution >= 0.6 is 0 Å². The van der Waals surface area contributed by atoms with Gasteiger partial charge in [-0.25, -0.2) is 9.78 Å². The van der Waals surface area contributed by atoms with Crippen LogP contribution in [0.2, 0.25) is 0 Å². The van der Waals surface area contributed by atoms with Crippen LogP contribution in [0.1, 0.15) is 24.0 Å². The Kier molecular flexibility index (Phi) is 5.47. The van der Waals surface area contributed by atoms with Gasteiger partial charge in [0.1, 0.15) is 0 Å². The van der Waals surface area contributed by atoms with Crippen molar-refractivity contribution in [2.45, 2.75) is 31.7 Å². The summed E-state index contributed by atoms with van der Waals surface area (Å²) in [6.07, 6.45) is 4.35. The first-order valence-corrected chi connectivity index (χ1v) is 8.35. The van der Waals surface area contributed by atoms with Gasteiger partial charge in [-0.15, -0.1) is 0 Å². The molecule has 0 spiro atoms. The highest BCUT2D eigenvalue weighted by molar-refractivity contribution is 5.89. The number of nitriles is 1. The Labute approximate surface area is 146 Å². The SMILES string of the molecule is N#CCCCOc1cccnc1NC(=O)NC1Cc2ccccc2C1. The van der Waals surface area contributed by atoms with Gasteiger partial charge in [0.05, 0.1) is 12.7 Å². The molecule has 1 aliphatic carbocycles. The minimum atomic E-state index is -0.293. The van der Waals surface area contributed by atoms with Gasteiger partial charge in [0.15, 0.2) is 11.6 Å². The Bertz CT molecular complexity index is 760. The van der Waals surface area contributed by atoms with Crippen molar-refractivity contribution < 1.29 is 9.53 Å². The molecule has 1 aromatic carbocycles. The number of ether oxygens (including phenoxy) is 1. The van der Waals surface area contributed by atoms with Crippen molar-refractivity contribution in [1.29, 1.82) is 5.26 Å². The van der Waals surface area contributed by atoms with Gasteiger partial charge in [-0.2, -0.15) is 5.26 Å². The van der Waals surface area contributed by atoms with E-state index in [1.807, 2.05) is 12.1 Å². The summed E-state index contributed by atoms with van der Waals surface area (Å²) < 4.78 is 5.60. The Morgan fingerprint density at radius 1 is 1.24 bits per heavy atom. The fraction of sp³-hybridized carbons (Fsp3) is 0.316. The van der Waals surface area contributed by atoms with Gasteiger partial charge in [-0.05, 0) is 42.5 Å². The first-order valence-electron chi connectivity index (χ1n) is 8.35. The lowest BCUT2D eigenvalue weighted by Crippen LogP contribution is -2.38. The van der Waals surface area contributed by atoms with Crippen LogP contribution in [-0.4, -0.2) is 23.7 Å². The number of pyridine rings is 1. The summed E-state index contributed by atoms with van der Waals surface area (Å²) in [4.78, 5) is 16.5. The first kappa shape index (κ1) is 16.8. The van der Waals surface area contributed by atoms with Crippen LogP contribution in [0.25, 0.3) is 0 Å². The van der Waals surface area contributed by atoms with Gasteiger partial charge in [-0.3, -0.25) is 5.32 Å². The summed E-state index contributed by atoms with van der Waals surface area (Å²) in [6.45, 7) is 0.410. The van der Waals surface area contributed by atoms with E-state index in [-0.39, 0.29) is 12.1 Å². The average molecular weight is 336 g/mol. The number of rotatable bonds is 6. The molecule has 25 heavy (non-hydrogen) atoms. The van der Waals surface area contributed by atoms with Crippen molar-refractivity contribution in [3.63, 3.8) is 0 Å². The summed E-state index contributed by atoms with van der Waals surface area (Å²) >= 11 is 0. The summed E-state index contributed by atoms with van der Waals surface area (Å²) in [6, 6.07) is 13.6. The van der Waals surface area contributed by atoms with Crippen LogP contribution < -0.4 is 15.4 Å². The molecule has 6 heteroatoms. The lowest BCUT2D eigenvalue weighted by Gasteiger charge is -2.14. The smallest absolute Gasteiger partial charge is 0.320 e. The Morgan fingerprint density at radius 3 is 2.72 bits per heavy atom. The zero-order valence-corrected chi connectivity index (χ0v) is 13.9. The molecule has 0 atom stereocenters. The van der Waals surface area contributed by atoms with Crippen LogP contribution in [0.3, 0.4) is 0 Å². The molecule has 1 aromatic heterocycles. The maximum Gasteiger partial charge on any atom is 0.320 e. The molecule has 0 bridgehead atoms. The zero-order valence-electron chi connectivity index (χ0n) is 13.9. The third kappa shape index (κ3) is 4.48. The number of anilines is 1. The number of benzene rings is 1. The van der Waals surface area contributed by atoms with E-state index < -0.39 is 0 Å². The van der Waals surface area contributed by atoms with E-state index in [1.54, 1.807) is 18.3 Å². The normalized spacial score (nSPS) is 12.9. The van der Waals surface area contributed by atoms with Gasteiger partial charge in [0, 0.05) is 18.7 Å². The molecule has 2 aromatic rings. The number of nitrogens with zero attached hydrogens (tertiary/aromatic N) is 2. The monoisotopic (exact) mass is 336 g/mol. The van der Waals surface area contributed by atoms with Crippen molar-refractivity contribution in [2.75, 3.05) is 11.9 Å². The number of aromatic nitrogens is 1. The molecule has 0 saturated heterocycles.